The van der Waals surface area contributed by atoms with Crippen molar-refractivity contribution in [3.63, 3.8) is 0 Å². The molecule has 0 aromatic carbocycles. The van der Waals surface area contributed by atoms with E-state index in [1.165, 1.54) is 5.56 Å². The van der Waals surface area contributed by atoms with Gasteiger partial charge < -0.3 is 5.32 Å². The Morgan fingerprint density at radius 1 is 1.56 bits per heavy atom. The van der Waals surface area contributed by atoms with Gasteiger partial charge in [-0.05, 0) is 19.9 Å². The van der Waals surface area contributed by atoms with Crippen LogP contribution in [0.5, 0.6) is 0 Å². The fourth-order valence-corrected chi connectivity index (χ4v) is 1.59. The molecular weight excluding hydrogens is 202 g/mol. The number of aromatic amines is 1. The summed E-state index contributed by atoms with van der Waals surface area (Å²) in [6.07, 6.45) is 5.64. The van der Waals surface area contributed by atoms with Gasteiger partial charge in [0.05, 0.1) is 12.7 Å². The lowest BCUT2D eigenvalue weighted by Gasteiger charge is -2.13. The van der Waals surface area contributed by atoms with Crippen molar-refractivity contribution >= 4 is 0 Å². The van der Waals surface area contributed by atoms with E-state index in [0.29, 0.717) is 6.04 Å². The SMILES string of the molecule is Cc1[nH]ncc1CN[C@H](C)Cn1cccn1. The highest BCUT2D eigenvalue weighted by Gasteiger charge is 2.05. The Labute approximate surface area is 94.9 Å². The molecule has 86 valence electrons. The molecule has 0 fully saturated rings. The first kappa shape index (κ1) is 10.9. The summed E-state index contributed by atoms with van der Waals surface area (Å²) in [5.41, 5.74) is 2.34. The first-order chi connectivity index (χ1) is 7.75. The van der Waals surface area contributed by atoms with E-state index < -0.39 is 0 Å². The zero-order valence-corrected chi connectivity index (χ0v) is 9.64. The van der Waals surface area contributed by atoms with Crippen LogP contribution in [0.2, 0.25) is 0 Å². The van der Waals surface area contributed by atoms with Gasteiger partial charge in [0.1, 0.15) is 0 Å². The van der Waals surface area contributed by atoms with E-state index in [4.69, 9.17) is 0 Å². The van der Waals surface area contributed by atoms with Crippen LogP contribution in [0.15, 0.2) is 24.7 Å². The highest BCUT2D eigenvalue weighted by Crippen LogP contribution is 2.02. The zero-order valence-electron chi connectivity index (χ0n) is 9.64. The zero-order chi connectivity index (χ0) is 11.4. The summed E-state index contributed by atoms with van der Waals surface area (Å²) in [5, 5.41) is 14.5. The maximum atomic E-state index is 4.18. The highest BCUT2D eigenvalue weighted by atomic mass is 15.3. The lowest BCUT2D eigenvalue weighted by Crippen LogP contribution is -2.30. The standard InChI is InChI=1S/C11H17N5/c1-9(8-16-5-3-4-14-16)12-6-11-7-13-15-10(11)2/h3-5,7,9,12H,6,8H2,1-2H3,(H,13,15)/t9-/m1/s1. The summed E-state index contributed by atoms with van der Waals surface area (Å²) in [4.78, 5) is 0. The molecule has 5 nitrogen and oxygen atoms in total. The van der Waals surface area contributed by atoms with Crippen LogP contribution in [0.4, 0.5) is 0 Å². The van der Waals surface area contributed by atoms with Crippen LogP contribution < -0.4 is 5.32 Å². The number of aromatic nitrogens is 4. The van der Waals surface area contributed by atoms with Crippen molar-refractivity contribution in [1.82, 2.24) is 25.3 Å². The van der Waals surface area contributed by atoms with Crippen LogP contribution in [0.25, 0.3) is 0 Å². The molecule has 0 unspecified atom stereocenters. The van der Waals surface area contributed by atoms with Crippen LogP contribution in [0.3, 0.4) is 0 Å². The molecule has 2 rings (SSSR count). The molecule has 2 aromatic heterocycles. The van der Waals surface area contributed by atoms with Crippen LogP contribution in [-0.2, 0) is 13.1 Å². The molecule has 0 aliphatic carbocycles. The van der Waals surface area contributed by atoms with E-state index in [-0.39, 0.29) is 0 Å². The predicted octanol–water partition coefficient (Wildman–Crippen LogP) is 1.09. The second kappa shape index (κ2) is 4.94. The molecular formula is C11H17N5. The van der Waals surface area contributed by atoms with Gasteiger partial charge in [-0.1, -0.05) is 0 Å². The summed E-state index contributed by atoms with van der Waals surface area (Å²) >= 11 is 0. The van der Waals surface area contributed by atoms with Gasteiger partial charge in [-0.25, -0.2) is 0 Å². The van der Waals surface area contributed by atoms with Crippen molar-refractivity contribution < 1.29 is 0 Å². The second-order valence-electron chi connectivity index (χ2n) is 4.03. The van der Waals surface area contributed by atoms with Crippen LogP contribution in [0.1, 0.15) is 18.2 Å². The van der Waals surface area contributed by atoms with E-state index in [0.717, 1.165) is 18.8 Å². The Hall–Kier alpha value is -1.62. The normalized spacial score (nSPS) is 12.9. The average Bonchev–Trinajstić information content (AvgIpc) is 2.87. The fourth-order valence-electron chi connectivity index (χ4n) is 1.59. The van der Waals surface area contributed by atoms with Gasteiger partial charge in [0.25, 0.3) is 0 Å². The van der Waals surface area contributed by atoms with Crippen molar-refractivity contribution in [2.75, 3.05) is 0 Å². The predicted molar refractivity (Wildman–Crippen MR) is 61.9 cm³/mol. The molecule has 0 saturated heterocycles. The first-order valence-corrected chi connectivity index (χ1v) is 5.45. The molecule has 1 atom stereocenters. The quantitative estimate of drug-likeness (QED) is 0.791. The maximum Gasteiger partial charge on any atom is 0.0560 e. The third kappa shape index (κ3) is 2.70. The number of hydrogen-bond acceptors (Lipinski definition) is 3. The molecule has 0 radical (unpaired) electrons. The van der Waals surface area contributed by atoms with Crippen molar-refractivity contribution in [3.8, 4) is 0 Å². The van der Waals surface area contributed by atoms with E-state index in [1.54, 1.807) is 6.20 Å². The topological polar surface area (TPSA) is 58.5 Å². The minimum Gasteiger partial charge on any atom is -0.308 e. The van der Waals surface area contributed by atoms with Crippen molar-refractivity contribution in [2.24, 2.45) is 0 Å². The van der Waals surface area contributed by atoms with Gasteiger partial charge in [0.2, 0.25) is 0 Å². The Kier molecular flexibility index (Phi) is 3.36. The Balaban J connectivity index is 1.80. The molecule has 2 heterocycles. The summed E-state index contributed by atoms with van der Waals surface area (Å²) in [7, 11) is 0. The lowest BCUT2D eigenvalue weighted by molar-refractivity contribution is 0.450. The molecule has 0 saturated carbocycles. The van der Waals surface area contributed by atoms with Crippen molar-refractivity contribution in [3.05, 3.63) is 35.9 Å². The molecule has 5 heteroatoms. The summed E-state index contributed by atoms with van der Waals surface area (Å²) in [6, 6.07) is 2.32. The number of rotatable bonds is 5. The third-order valence-electron chi connectivity index (χ3n) is 2.60. The third-order valence-corrected chi connectivity index (χ3v) is 2.60. The summed E-state index contributed by atoms with van der Waals surface area (Å²) in [5.74, 6) is 0. The van der Waals surface area contributed by atoms with Gasteiger partial charge >= 0.3 is 0 Å². The van der Waals surface area contributed by atoms with E-state index >= 15 is 0 Å². The van der Waals surface area contributed by atoms with Crippen molar-refractivity contribution in [2.45, 2.75) is 33.0 Å². The number of hydrogen-bond donors (Lipinski definition) is 2. The maximum absolute atomic E-state index is 4.18. The Bertz CT molecular complexity index is 417. The smallest absolute Gasteiger partial charge is 0.0560 e. The van der Waals surface area contributed by atoms with E-state index in [9.17, 15) is 0 Å². The molecule has 16 heavy (non-hydrogen) atoms. The number of nitrogens with one attached hydrogen (secondary N) is 2. The molecule has 0 bridgehead atoms. The Morgan fingerprint density at radius 2 is 2.44 bits per heavy atom. The average molecular weight is 219 g/mol. The Morgan fingerprint density at radius 3 is 3.06 bits per heavy atom. The lowest BCUT2D eigenvalue weighted by atomic mass is 10.2. The monoisotopic (exact) mass is 219 g/mol. The largest absolute Gasteiger partial charge is 0.308 e. The summed E-state index contributed by atoms with van der Waals surface area (Å²) < 4.78 is 1.93. The van der Waals surface area contributed by atoms with Crippen LogP contribution in [0, 0.1) is 6.92 Å². The number of aryl methyl sites for hydroxylation is 1. The molecule has 0 aliphatic rings. The molecule has 2 N–H and O–H groups in total. The minimum atomic E-state index is 0.384. The van der Waals surface area contributed by atoms with Gasteiger partial charge in [-0.15, -0.1) is 0 Å². The molecule has 2 aromatic rings. The summed E-state index contributed by atoms with van der Waals surface area (Å²) in [6.45, 7) is 5.90. The molecule has 0 aliphatic heterocycles. The van der Waals surface area contributed by atoms with Gasteiger partial charge in [0, 0.05) is 36.2 Å². The van der Waals surface area contributed by atoms with E-state index in [2.05, 4.69) is 27.5 Å². The number of H-pyrrole nitrogens is 1. The van der Waals surface area contributed by atoms with Gasteiger partial charge in [-0.3, -0.25) is 9.78 Å². The van der Waals surface area contributed by atoms with Crippen LogP contribution >= 0.6 is 0 Å². The van der Waals surface area contributed by atoms with Crippen LogP contribution in [-0.4, -0.2) is 26.0 Å². The van der Waals surface area contributed by atoms with Gasteiger partial charge in [0.15, 0.2) is 0 Å². The first-order valence-electron chi connectivity index (χ1n) is 5.45. The number of nitrogens with zero attached hydrogens (tertiary/aromatic N) is 3. The second-order valence-corrected chi connectivity index (χ2v) is 4.03. The molecule has 0 spiro atoms. The van der Waals surface area contributed by atoms with Gasteiger partial charge in [-0.2, -0.15) is 10.2 Å². The fraction of sp³-hybridized carbons (Fsp3) is 0.455. The van der Waals surface area contributed by atoms with E-state index in [1.807, 2.05) is 30.1 Å². The molecule has 0 amide bonds. The van der Waals surface area contributed by atoms with Crippen molar-refractivity contribution in [1.29, 1.82) is 0 Å². The minimum absolute atomic E-state index is 0.384. The highest BCUT2D eigenvalue weighted by molar-refractivity contribution is 5.13.